The summed E-state index contributed by atoms with van der Waals surface area (Å²) in [6, 6.07) is 1.78. The summed E-state index contributed by atoms with van der Waals surface area (Å²) in [5, 5.41) is 13.0. The second-order valence-electron chi connectivity index (χ2n) is 4.60. The Morgan fingerprint density at radius 2 is 2.14 bits per heavy atom. The van der Waals surface area contributed by atoms with Crippen molar-refractivity contribution >= 4 is 17.3 Å². The van der Waals surface area contributed by atoms with Crippen LogP contribution in [0.1, 0.15) is 53.0 Å². The molecule has 0 saturated heterocycles. The summed E-state index contributed by atoms with van der Waals surface area (Å²) in [5.74, 6) is 0.402. The van der Waals surface area contributed by atoms with E-state index in [1.807, 2.05) is 6.92 Å². The topological polar surface area (TPSA) is 85.5 Å². The SMILES string of the molecule is CCCc1nc(COc2cc(CCC)sc2C(=O)O)no1. The minimum absolute atomic E-state index is 0.107. The molecule has 0 fully saturated rings. The molecular formula is C14H18N2O4S. The van der Waals surface area contributed by atoms with E-state index in [0.717, 1.165) is 30.6 Å². The van der Waals surface area contributed by atoms with Crippen molar-refractivity contribution in [3.05, 3.63) is 27.5 Å². The second-order valence-corrected chi connectivity index (χ2v) is 5.74. The van der Waals surface area contributed by atoms with Crippen LogP contribution >= 0.6 is 11.3 Å². The molecule has 2 aromatic rings. The number of rotatable bonds is 8. The highest BCUT2D eigenvalue weighted by Gasteiger charge is 2.17. The molecule has 6 nitrogen and oxygen atoms in total. The molecule has 0 aliphatic rings. The monoisotopic (exact) mass is 310 g/mol. The van der Waals surface area contributed by atoms with Crippen molar-refractivity contribution in [3.63, 3.8) is 0 Å². The number of aromatic nitrogens is 2. The van der Waals surface area contributed by atoms with Gasteiger partial charge in [-0.15, -0.1) is 11.3 Å². The zero-order valence-corrected chi connectivity index (χ0v) is 12.9. The molecule has 0 aromatic carbocycles. The third kappa shape index (κ3) is 4.04. The number of hydrogen-bond donors (Lipinski definition) is 1. The molecule has 7 heteroatoms. The molecule has 0 aliphatic carbocycles. The summed E-state index contributed by atoms with van der Waals surface area (Å²) in [7, 11) is 0. The smallest absolute Gasteiger partial charge is 0.349 e. The summed E-state index contributed by atoms with van der Waals surface area (Å²) in [6.07, 6.45) is 3.46. The molecule has 0 saturated carbocycles. The van der Waals surface area contributed by atoms with Gasteiger partial charge in [0, 0.05) is 11.3 Å². The van der Waals surface area contributed by atoms with E-state index < -0.39 is 5.97 Å². The zero-order valence-electron chi connectivity index (χ0n) is 12.1. The Balaban J connectivity index is 2.05. The predicted octanol–water partition coefficient (Wildman–Crippen LogP) is 3.31. The van der Waals surface area contributed by atoms with Crippen LogP contribution in [0.15, 0.2) is 10.6 Å². The van der Waals surface area contributed by atoms with Crippen LogP contribution in [0, 0.1) is 0 Å². The highest BCUT2D eigenvalue weighted by atomic mass is 32.1. The number of ether oxygens (including phenoxy) is 1. The lowest BCUT2D eigenvalue weighted by molar-refractivity contribution is 0.0697. The lowest BCUT2D eigenvalue weighted by Gasteiger charge is -2.01. The van der Waals surface area contributed by atoms with Gasteiger partial charge in [-0.3, -0.25) is 0 Å². The molecular weight excluding hydrogens is 292 g/mol. The Morgan fingerprint density at radius 1 is 1.38 bits per heavy atom. The molecule has 1 N–H and O–H groups in total. The van der Waals surface area contributed by atoms with Crippen molar-refractivity contribution in [2.45, 2.75) is 46.1 Å². The number of aromatic carboxylic acids is 1. The van der Waals surface area contributed by atoms with Gasteiger partial charge in [-0.05, 0) is 18.9 Å². The Labute approximate surface area is 126 Å². The summed E-state index contributed by atoms with van der Waals surface area (Å²) in [4.78, 5) is 16.6. The first kappa shape index (κ1) is 15.5. The van der Waals surface area contributed by atoms with Crippen LogP contribution in [-0.4, -0.2) is 21.2 Å². The molecule has 21 heavy (non-hydrogen) atoms. The molecule has 2 aromatic heterocycles. The molecule has 114 valence electrons. The number of carboxylic acid groups (broad SMARTS) is 1. The standard InChI is InChI=1S/C14H18N2O4S/c1-3-5-9-7-10(13(21-9)14(17)18)19-8-11-15-12(6-4-2)20-16-11/h7H,3-6,8H2,1-2H3,(H,17,18). The van der Waals surface area contributed by atoms with Crippen LogP contribution < -0.4 is 4.74 Å². The number of carbonyl (C=O) groups is 1. The molecule has 0 atom stereocenters. The van der Waals surface area contributed by atoms with Gasteiger partial charge in [0.15, 0.2) is 11.5 Å². The fourth-order valence-corrected chi connectivity index (χ4v) is 2.90. The average molecular weight is 310 g/mol. The highest BCUT2D eigenvalue weighted by Crippen LogP contribution is 2.30. The zero-order chi connectivity index (χ0) is 15.2. The van der Waals surface area contributed by atoms with E-state index in [9.17, 15) is 9.90 Å². The van der Waals surface area contributed by atoms with E-state index >= 15 is 0 Å². The van der Waals surface area contributed by atoms with Crippen molar-refractivity contribution < 1.29 is 19.2 Å². The lowest BCUT2D eigenvalue weighted by atomic mass is 10.3. The molecule has 0 radical (unpaired) electrons. The van der Waals surface area contributed by atoms with Gasteiger partial charge in [-0.25, -0.2) is 4.79 Å². The Hall–Kier alpha value is -1.89. The average Bonchev–Trinajstić information content (AvgIpc) is 3.04. The third-order valence-electron chi connectivity index (χ3n) is 2.77. The number of thiophene rings is 1. The summed E-state index contributed by atoms with van der Waals surface area (Å²) < 4.78 is 10.6. The van der Waals surface area contributed by atoms with E-state index in [-0.39, 0.29) is 11.5 Å². The van der Waals surface area contributed by atoms with Gasteiger partial charge in [0.1, 0.15) is 5.75 Å². The maximum absolute atomic E-state index is 11.2. The van der Waals surface area contributed by atoms with Gasteiger partial charge in [0.2, 0.25) is 11.7 Å². The van der Waals surface area contributed by atoms with Gasteiger partial charge in [-0.1, -0.05) is 25.4 Å². The lowest BCUT2D eigenvalue weighted by Crippen LogP contribution is -2.01. The largest absolute Gasteiger partial charge is 0.484 e. The summed E-state index contributed by atoms with van der Waals surface area (Å²) >= 11 is 1.25. The van der Waals surface area contributed by atoms with Crippen molar-refractivity contribution in [1.29, 1.82) is 0 Å². The minimum atomic E-state index is -0.975. The van der Waals surface area contributed by atoms with E-state index in [1.54, 1.807) is 6.07 Å². The first-order valence-electron chi connectivity index (χ1n) is 6.94. The van der Waals surface area contributed by atoms with Crippen LogP contribution in [-0.2, 0) is 19.4 Å². The molecule has 2 heterocycles. The van der Waals surface area contributed by atoms with Crippen LogP contribution in [0.25, 0.3) is 0 Å². The van der Waals surface area contributed by atoms with E-state index in [1.165, 1.54) is 11.3 Å². The highest BCUT2D eigenvalue weighted by molar-refractivity contribution is 7.14. The van der Waals surface area contributed by atoms with Crippen molar-refractivity contribution in [1.82, 2.24) is 10.1 Å². The summed E-state index contributed by atoms with van der Waals surface area (Å²) in [6.45, 7) is 4.19. The predicted molar refractivity (Wildman–Crippen MR) is 77.9 cm³/mol. The van der Waals surface area contributed by atoms with E-state index in [2.05, 4.69) is 17.1 Å². The van der Waals surface area contributed by atoms with Crippen LogP contribution in [0.3, 0.4) is 0 Å². The van der Waals surface area contributed by atoms with Gasteiger partial charge in [0.25, 0.3) is 0 Å². The van der Waals surface area contributed by atoms with Crippen LogP contribution in [0.5, 0.6) is 5.75 Å². The molecule has 0 spiro atoms. The number of nitrogens with zero attached hydrogens (tertiary/aromatic N) is 2. The number of carboxylic acids is 1. The third-order valence-corrected chi connectivity index (χ3v) is 3.93. The second kappa shape index (κ2) is 7.21. The molecule has 0 amide bonds. The van der Waals surface area contributed by atoms with Crippen molar-refractivity contribution in [2.24, 2.45) is 0 Å². The summed E-state index contributed by atoms with van der Waals surface area (Å²) in [5.41, 5.74) is 0. The Bertz CT molecular complexity index is 606. The maximum Gasteiger partial charge on any atom is 0.349 e. The number of aryl methyl sites for hydroxylation is 2. The Morgan fingerprint density at radius 3 is 2.81 bits per heavy atom. The molecule has 0 aliphatic heterocycles. The maximum atomic E-state index is 11.2. The normalized spacial score (nSPS) is 10.8. The van der Waals surface area contributed by atoms with Crippen molar-refractivity contribution in [2.75, 3.05) is 0 Å². The van der Waals surface area contributed by atoms with Gasteiger partial charge in [-0.2, -0.15) is 4.98 Å². The fourth-order valence-electron chi connectivity index (χ4n) is 1.85. The minimum Gasteiger partial charge on any atom is -0.484 e. The van der Waals surface area contributed by atoms with Crippen LogP contribution in [0.2, 0.25) is 0 Å². The van der Waals surface area contributed by atoms with E-state index in [4.69, 9.17) is 9.26 Å². The quantitative estimate of drug-likeness (QED) is 0.805. The number of hydrogen-bond acceptors (Lipinski definition) is 6. The first-order chi connectivity index (χ1) is 10.1. The molecule has 0 bridgehead atoms. The van der Waals surface area contributed by atoms with Crippen LogP contribution in [0.4, 0.5) is 0 Å². The Kier molecular flexibility index (Phi) is 5.32. The fraction of sp³-hybridized carbons (Fsp3) is 0.500. The van der Waals surface area contributed by atoms with E-state index in [0.29, 0.717) is 17.5 Å². The molecule has 0 unspecified atom stereocenters. The molecule has 2 rings (SSSR count). The first-order valence-corrected chi connectivity index (χ1v) is 7.76. The van der Waals surface area contributed by atoms with Gasteiger partial charge < -0.3 is 14.4 Å². The van der Waals surface area contributed by atoms with Gasteiger partial charge in [0.05, 0.1) is 0 Å². The van der Waals surface area contributed by atoms with Crippen molar-refractivity contribution in [3.8, 4) is 5.75 Å². The van der Waals surface area contributed by atoms with Gasteiger partial charge >= 0.3 is 5.97 Å².